The van der Waals surface area contributed by atoms with E-state index in [0.717, 1.165) is 12.8 Å². The molecule has 0 bridgehead atoms. The first kappa shape index (κ1) is 14.5. The number of likely N-dealkylation sites (N-methyl/N-ethyl adjacent to an activating group) is 1. The topological polar surface area (TPSA) is 50.4 Å². The van der Waals surface area contributed by atoms with Crippen LogP contribution in [0, 0.1) is 11.3 Å². The highest BCUT2D eigenvalue weighted by Crippen LogP contribution is 2.52. The summed E-state index contributed by atoms with van der Waals surface area (Å²) in [5, 5.41) is 6.02. The van der Waals surface area contributed by atoms with Gasteiger partial charge in [0.25, 0.3) is 0 Å². The van der Waals surface area contributed by atoms with E-state index in [4.69, 9.17) is 4.74 Å². The van der Waals surface area contributed by atoms with Crippen LogP contribution in [0.4, 0.5) is 0 Å². The van der Waals surface area contributed by atoms with E-state index in [1.54, 1.807) is 14.2 Å². The first-order valence-electron chi connectivity index (χ1n) is 6.54. The van der Waals surface area contributed by atoms with Crippen molar-refractivity contribution < 1.29 is 9.53 Å². The predicted molar refractivity (Wildman–Crippen MR) is 68.8 cm³/mol. The third-order valence-electron chi connectivity index (χ3n) is 4.41. The maximum Gasteiger partial charge on any atom is 0.234 e. The Bertz CT molecular complexity index is 264. The summed E-state index contributed by atoms with van der Waals surface area (Å²) in [5.41, 5.74) is 0.109. The molecule has 2 N–H and O–H groups in total. The van der Waals surface area contributed by atoms with Crippen molar-refractivity contribution in [3.63, 3.8) is 0 Å². The lowest BCUT2D eigenvalue weighted by Gasteiger charge is -2.59. The summed E-state index contributed by atoms with van der Waals surface area (Å²) < 4.78 is 5.60. The second-order valence-electron chi connectivity index (χ2n) is 5.03. The largest absolute Gasteiger partial charge is 0.380 e. The normalized spacial score (nSPS) is 30.8. The van der Waals surface area contributed by atoms with Crippen LogP contribution in [0.5, 0.6) is 0 Å². The van der Waals surface area contributed by atoms with Gasteiger partial charge in [0.2, 0.25) is 5.91 Å². The molecule has 1 aliphatic rings. The minimum absolute atomic E-state index is 0.0742. The van der Waals surface area contributed by atoms with Crippen LogP contribution in [0.1, 0.15) is 33.6 Å². The summed E-state index contributed by atoms with van der Waals surface area (Å²) >= 11 is 0. The number of hydrogen-bond acceptors (Lipinski definition) is 3. The summed E-state index contributed by atoms with van der Waals surface area (Å²) in [5.74, 6) is 0.464. The Morgan fingerprint density at radius 2 is 1.94 bits per heavy atom. The molecule has 4 heteroatoms. The molecule has 17 heavy (non-hydrogen) atoms. The molecule has 0 saturated heterocycles. The molecule has 1 saturated carbocycles. The van der Waals surface area contributed by atoms with Crippen molar-refractivity contribution in [1.29, 1.82) is 0 Å². The molecule has 0 aromatic rings. The van der Waals surface area contributed by atoms with Gasteiger partial charge < -0.3 is 15.4 Å². The van der Waals surface area contributed by atoms with E-state index < -0.39 is 0 Å². The van der Waals surface area contributed by atoms with Gasteiger partial charge in [0.05, 0.1) is 12.6 Å². The fourth-order valence-electron chi connectivity index (χ4n) is 3.48. The second-order valence-corrected chi connectivity index (χ2v) is 5.03. The maximum absolute atomic E-state index is 11.7. The third-order valence-corrected chi connectivity index (χ3v) is 4.41. The number of carbonyl (C=O) groups is 1. The van der Waals surface area contributed by atoms with Crippen molar-refractivity contribution in [2.45, 2.75) is 45.8 Å². The number of rotatable bonds is 6. The molecule has 3 atom stereocenters. The summed E-state index contributed by atoms with van der Waals surface area (Å²) in [6.07, 6.45) is 2.34. The Morgan fingerprint density at radius 3 is 2.35 bits per heavy atom. The van der Waals surface area contributed by atoms with Gasteiger partial charge in [-0.05, 0) is 19.9 Å². The Hall–Kier alpha value is -0.610. The van der Waals surface area contributed by atoms with Crippen molar-refractivity contribution in [1.82, 2.24) is 10.6 Å². The van der Waals surface area contributed by atoms with Crippen molar-refractivity contribution in [2.24, 2.45) is 11.3 Å². The van der Waals surface area contributed by atoms with Crippen molar-refractivity contribution in [3.05, 3.63) is 0 Å². The zero-order valence-corrected chi connectivity index (χ0v) is 11.7. The Labute approximate surface area is 104 Å². The maximum atomic E-state index is 11.7. The number of methoxy groups -OCH3 is 1. The van der Waals surface area contributed by atoms with E-state index in [9.17, 15) is 4.79 Å². The summed E-state index contributed by atoms with van der Waals surface area (Å²) in [7, 11) is 3.56. The van der Waals surface area contributed by atoms with Crippen LogP contribution in [0.15, 0.2) is 0 Å². The zero-order chi connectivity index (χ0) is 13.1. The van der Waals surface area contributed by atoms with E-state index >= 15 is 0 Å². The fourth-order valence-corrected chi connectivity index (χ4v) is 3.48. The Balaban J connectivity index is 2.73. The van der Waals surface area contributed by atoms with Crippen molar-refractivity contribution >= 4 is 5.91 Å². The monoisotopic (exact) mass is 242 g/mol. The molecule has 4 nitrogen and oxygen atoms in total. The van der Waals surface area contributed by atoms with Crippen LogP contribution < -0.4 is 10.6 Å². The Kier molecular flexibility index (Phi) is 4.95. The van der Waals surface area contributed by atoms with Gasteiger partial charge in [-0.2, -0.15) is 0 Å². The average molecular weight is 242 g/mol. The molecule has 1 fully saturated rings. The van der Waals surface area contributed by atoms with Crippen molar-refractivity contribution in [3.8, 4) is 0 Å². The van der Waals surface area contributed by atoms with E-state index in [1.165, 1.54) is 0 Å². The number of amides is 1. The van der Waals surface area contributed by atoms with Crippen molar-refractivity contribution in [2.75, 3.05) is 20.7 Å². The molecule has 0 aromatic carbocycles. The summed E-state index contributed by atoms with van der Waals surface area (Å²) in [4.78, 5) is 11.7. The minimum Gasteiger partial charge on any atom is -0.380 e. The van der Waals surface area contributed by atoms with Gasteiger partial charge in [0.1, 0.15) is 0 Å². The van der Waals surface area contributed by atoms with Crippen LogP contribution in [-0.4, -0.2) is 38.8 Å². The van der Waals surface area contributed by atoms with Crippen LogP contribution >= 0.6 is 0 Å². The lowest BCUT2D eigenvalue weighted by Crippen LogP contribution is -2.70. The van der Waals surface area contributed by atoms with Gasteiger partial charge in [-0.25, -0.2) is 0 Å². The lowest BCUT2D eigenvalue weighted by molar-refractivity contribution is -0.172. The molecule has 0 spiro atoms. The van der Waals surface area contributed by atoms with Crippen LogP contribution in [-0.2, 0) is 9.53 Å². The van der Waals surface area contributed by atoms with E-state index in [-0.39, 0.29) is 23.5 Å². The first-order valence-corrected chi connectivity index (χ1v) is 6.54. The molecule has 3 unspecified atom stereocenters. The molecule has 1 amide bonds. The number of hydrogen-bond donors (Lipinski definition) is 2. The summed E-state index contributed by atoms with van der Waals surface area (Å²) in [6, 6.07) is 0.239. The predicted octanol–water partition coefficient (Wildman–Crippen LogP) is 1.16. The van der Waals surface area contributed by atoms with Gasteiger partial charge in [0.15, 0.2) is 0 Å². The summed E-state index contributed by atoms with van der Waals surface area (Å²) in [6.45, 7) is 6.89. The molecule has 1 aliphatic carbocycles. The minimum atomic E-state index is 0.0742. The van der Waals surface area contributed by atoms with Gasteiger partial charge in [-0.3, -0.25) is 4.79 Å². The third kappa shape index (κ3) is 2.33. The van der Waals surface area contributed by atoms with E-state index in [1.807, 2.05) is 0 Å². The van der Waals surface area contributed by atoms with Gasteiger partial charge in [-0.15, -0.1) is 0 Å². The zero-order valence-electron chi connectivity index (χ0n) is 11.7. The highest BCUT2D eigenvalue weighted by Gasteiger charge is 2.58. The number of nitrogens with one attached hydrogen (secondary N) is 2. The quantitative estimate of drug-likeness (QED) is 0.735. The van der Waals surface area contributed by atoms with Gasteiger partial charge >= 0.3 is 0 Å². The number of carbonyl (C=O) groups excluding carboxylic acids is 1. The van der Waals surface area contributed by atoms with Crippen LogP contribution in [0.25, 0.3) is 0 Å². The van der Waals surface area contributed by atoms with Crippen LogP contribution in [0.3, 0.4) is 0 Å². The molecule has 100 valence electrons. The highest BCUT2D eigenvalue weighted by atomic mass is 16.5. The highest BCUT2D eigenvalue weighted by molar-refractivity contribution is 5.78. The second kappa shape index (κ2) is 5.83. The average Bonchev–Trinajstić information content (AvgIpc) is 2.33. The molecule has 0 heterocycles. The molecule has 1 rings (SSSR count). The molecule has 0 aromatic heterocycles. The molecule has 0 radical (unpaired) electrons. The molecular weight excluding hydrogens is 216 g/mol. The lowest BCUT2D eigenvalue weighted by atomic mass is 9.53. The molecular formula is C13H26N2O2. The SMILES string of the molecule is CCC1(CC)C(NC(=O)CNC)C(C)C1OC. The van der Waals surface area contributed by atoms with Crippen LogP contribution in [0.2, 0.25) is 0 Å². The van der Waals surface area contributed by atoms with E-state index in [2.05, 4.69) is 31.4 Å². The molecule has 0 aliphatic heterocycles. The standard InChI is InChI=1S/C13H26N2O2/c1-6-13(7-2)11(9(3)12(13)17-5)15-10(16)8-14-4/h9,11-12,14H,6-8H2,1-5H3,(H,15,16). The fraction of sp³-hybridized carbons (Fsp3) is 0.923. The smallest absolute Gasteiger partial charge is 0.234 e. The van der Waals surface area contributed by atoms with Gasteiger partial charge in [0, 0.05) is 24.5 Å². The Morgan fingerprint density at radius 1 is 1.35 bits per heavy atom. The van der Waals surface area contributed by atoms with E-state index in [0.29, 0.717) is 12.5 Å². The van der Waals surface area contributed by atoms with Gasteiger partial charge in [-0.1, -0.05) is 20.8 Å². The first-order chi connectivity index (χ1) is 8.07. The number of ether oxygens (including phenoxy) is 1.